The van der Waals surface area contributed by atoms with Gasteiger partial charge in [0.1, 0.15) is 5.75 Å². The van der Waals surface area contributed by atoms with E-state index in [0.29, 0.717) is 11.4 Å². The highest BCUT2D eigenvalue weighted by molar-refractivity contribution is 7.92. The molecule has 1 aliphatic rings. The van der Waals surface area contributed by atoms with E-state index in [4.69, 9.17) is 4.74 Å². The topological polar surface area (TPSA) is 75.7 Å². The summed E-state index contributed by atoms with van der Waals surface area (Å²) in [5.41, 5.74) is 2.62. The van der Waals surface area contributed by atoms with E-state index in [9.17, 15) is 13.2 Å². The second-order valence-corrected chi connectivity index (χ2v) is 8.75. The Morgan fingerprint density at radius 1 is 1.19 bits per heavy atom. The maximum absolute atomic E-state index is 12.8. The Morgan fingerprint density at radius 3 is 2.52 bits per heavy atom. The number of nitrogens with zero attached hydrogens (tertiary/aromatic N) is 1. The molecule has 2 aromatic rings. The summed E-state index contributed by atoms with van der Waals surface area (Å²) in [6.07, 6.45) is 0.670. The molecule has 0 saturated carbocycles. The number of carbonyl (C=O) groups excluding carboxylic acids is 1. The predicted molar refractivity (Wildman–Crippen MR) is 105 cm³/mol. The molecule has 2 unspecified atom stereocenters. The summed E-state index contributed by atoms with van der Waals surface area (Å²) in [4.78, 5) is 12.8. The van der Waals surface area contributed by atoms with Crippen LogP contribution >= 0.6 is 0 Å². The van der Waals surface area contributed by atoms with Gasteiger partial charge in [-0.3, -0.25) is 9.10 Å². The SMILES string of the molecule is Cc1ccc(C(C)NC(=O)C2CCN(S(C)(=O)=O)c3ccccc3O2)cc1. The third-order valence-electron chi connectivity index (χ3n) is 4.63. The molecule has 2 atom stereocenters. The van der Waals surface area contributed by atoms with Crippen LogP contribution in [0.4, 0.5) is 5.69 Å². The fourth-order valence-corrected chi connectivity index (χ4v) is 4.05. The van der Waals surface area contributed by atoms with Gasteiger partial charge < -0.3 is 10.1 Å². The van der Waals surface area contributed by atoms with Gasteiger partial charge in [-0.15, -0.1) is 0 Å². The Hall–Kier alpha value is -2.54. The first kappa shape index (κ1) is 19.2. The molecule has 1 N–H and O–H groups in total. The first-order chi connectivity index (χ1) is 12.8. The van der Waals surface area contributed by atoms with Gasteiger partial charge in [-0.05, 0) is 31.5 Å². The lowest BCUT2D eigenvalue weighted by Crippen LogP contribution is -2.40. The van der Waals surface area contributed by atoms with Gasteiger partial charge in [0, 0.05) is 13.0 Å². The van der Waals surface area contributed by atoms with Crippen LogP contribution in [0.1, 0.15) is 30.5 Å². The summed E-state index contributed by atoms with van der Waals surface area (Å²) in [7, 11) is -3.46. The number of sulfonamides is 1. The number of nitrogens with one attached hydrogen (secondary N) is 1. The third kappa shape index (κ3) is 4.42. The lowest BCUT2D eigenvalue weighted by Gasteiger charge is -2.20. The van der Waals surface area contributed by atoms with Crippen molar-refractivity contribution in [3.05, 3.63) is 59.7 Å². The highest BCUT2D eigenvalue weighted by atomic mass is 32.2. The highest BCUT2D eigenvalue weighted by Crippen LogP contribution is 2.33. The maximum atomic E-state index is 12.8. The number of hydrogen-bond acceptors (Lipinski definition) is 4. The molecule has 144 valence electrons. The van der Waals surface area contributed by atoms with Crippen LogP contribution in [-0.4, -0.2) is 33.2 Å². The van der Waals surface area contributed by atoms with Crippen LogP contribution in [0.25, 0.3) is 0 Å². The Balaban J connectivity index is 1.78. The molecule has 1 aliphatic heterocycles. The largest absolute Gasteiger partial charge is 0.478 e. The van der Waals surface area contributed by atoms with E-state index in [1.165, 1.54) is 4.31 Å². The van der Waals surface area contributed by atoms with Gasteiger partial charge in [0.15, 0.2) is 6.10 Å². The van der Waals surface area contributed by atoms with Crippen molar-refractivity contribution >= 4 is 21.6 Å². The Morgan fingerprint density at radius 2 is 1.85 bits per heavy atom. The summed E-state index contributed by atoms with van der Waals surface area (Å²) in [5.74, 6) is 0.136. The number of para-hydroxylation sites is 2. The highest BCUT2D eigenvalue weighted by Gasteiger charge is 2.31. The van der Waals surface area contributed by atoms with Gasteiger partial charge in [-0.1, -0.05) is 42.0 Å². The van der Waals surface area contributed by atoms with Crippen LogP contribution in [0.2, 0.25) is 0 Å². The Kier molecular flexibility index (Phi) is 5.41. The molecule has 2 aromatic carbocycles. The molecule has 1 heterocycles. The average molecular weight is 388 g/mol. The number of rotatable bonds is 4. The van der Waals surface area contributed by atoms with Gasteiger partial charge in [0.25, 0.3) is 5.91 Å². The molecule has 7 heteroatoms. The van der Waals surface area contributed by atoms with Crippen LogP contribution < -0.4 is 14.4 Å². The first-order valence-electron chi connectivity index (χ1n) is 8.86. The number of amides is 1. The van der Waals surface area contributed by atoms with E-state index in [1.54, 1.807) is 24.3 Å². The standard InChI is InChI=1S/C20H24N2O4S/c1-14-8-10-16(11-9-14)15(2)21-20(23)19-12-13-22(27(3,24)25)17-6-4-5-7-18(17)26-19/h4-11,15,19H,12-13H2,1-3H3,(H,21,23). The fourth-order valence-electron chi connectivity index (χ4n) is 3.10. The average Bonchev–Trinajstić information content (AvgIpc) is 2.81. The number of fused-ring (bicyclic) bond motifs is 1. The minimum absolute atomic E-state index is 0.175. The minimum Gasteiger partial charge on any atom is -0.478 e. The summed E-state index contributed by atoms with van der Waals surface area (Å²) < 4.78 is 31.4. The zero-order valence-corrected chi connectivity index (χ0v) is 16.5. The number of ether oxygens (including phenoxy) is 1. The molecule has 27 heavy (non-hydrogen) atoms. The molecule has 3 rings (SSSR count). The summed E-state index contributed by atoms with van der Waals surface area (Å²) >= 11 is 0. The van der Waals surface area contributed by atoms with E-state index in [1.807, 2.05) is 38.1 Å². The number of anilines is 1. The van der Waals surface area contributed by atoms with Crippen molar-refractivity contribution < 1.29 is 17.9 Å². The molecule has 1 amide bonds. The Bertz CT molecular complexity index is 925. The number of hydrogen-bond donors (Lipinski definition) is 1. The van der Waals surface area contributed by atoms with Crippen molar-refractivity contribution in [3.63, 3.8) is 0 Å². The molecule has 0 saturated heterocycles. The van der Waals surface area contributed by atoms with Crippen molar-refractivity contribution in [2.45, 2.75) is 32.4 Å². The number of carbonyl (C=O) groups is 1. The van der Waals surface area contributed by atoms with E-state index in [0.717, 1.165) is 17.4 Å². The van der Waals surface area contributed by atoms with Gasteiger partial charge >= 0.3 is 0 Å². The van der Waals surface area contributed by atoms with Gasteiger partial charge in [-0.25, -0.2) is 8.42 Å². The van der Waals surface area contributed by atoms with Crippen molar-refractivity contribution in [2.24, 2.45) is 0 Å². The smallest absolute Gasteiger partial charge is 0.261 e. The molecule has 0 spiro atoms. The van der Waals surface area contributed by atoms with Crippen LogP contribution in [0.3, 0.4) is 0 Å². The third-order valence-corrected chi connectivity index (χ3v) is 5.81. The van der Waals surface area contributed by atoms with Crippen LogP contribution in [0.5, 0.6) is 5.75 Å². The minimum atomic E-state index is -3.46. The second kappa shape index (κ2) is 7.60. The molecule has 6 nitrogen and oxygen atoms in total. The van der Waals surface area contributed by atoms with Crippen molar-refractivity contribution in [2.75, 3.05) is 17.1 Å². The first-order valence-corrected chi connectivity index (χ1v) is 10.7. The summed E-state index contributed by atoms with van der Waals surface area (Å²) in [6.45, 7) is 4.11. The van der Waals surface area contributed by atoms with E-state index < -0.39 is 16.1 Å². The molecule has 0 aliphatic carbocycles. The summed E-state index contributed by atoms with van der Waals surface area (Å²) in [6, 6.07) is 14.7. The van der Waals surface area contributed by atoms with Crippen molar-refractivity contribution in [3.8, 4) is 5.75 Å². The molecule has 0 aromatic heterocycles. The lowest BCUT2D eigenvalue weighted by atomic mass is 10.1. The van der Waals surface area contributed by atoms with E-state index >= 15 is 0 Å². The molecule has 0 fully saturated rings. The molecule has 0 bridgehead atoms. The van der Waals surface area contributed by atoms with Gasteiger partial charge in [-0.2, -0.15) is 0 Å². The monoisotopic (exact) mass is 388 g/mol. The predicted octanol–water partition coefficient (Wildman–Crippen LogP) is 2.79. The fraction of sp³-hybridized carbons (Fsp3) is 0.350. The van der Waals surface area contributed by atoms with Crippen LogP contribution in [0.15, 0.2) is 48.5 Å². The summed E-state index contributed by atoms with van der Waals surface area (Å²) in [5, 5.41) is 2.97. The van der Waals surface area contributed by atoms with E-state index in [-0.39, 0.29) is 24.9 Å². The molecule has 0 radical (unpaired) electrons. The second-order valence-electron chi connectivity index (χ2n) is 6.84. The van der Waals surface area contributed by atoms with E-state index in [2.05, 4.69) is 5.32 Å². The number of aryl methyl sites for hydroxylation is 1. The molecular formula is C20H24N2O4S. The van der Waals surface area contributed by atoms with Crippen molar-refractivity contribution in [1.29, 1.82) is 0 Å². The van der Waals surface area contributed by atoms with Gasteiger partial charge in [0.05, 0.1) is 18.0 Å². The van der Waals surface area contributed by atoms with Gasteiger partial charge in [0.2, 0.25) is 10.0 Å². The molecular weight excluding hydrogens is 364 g/mol. The Labute approximate surface area is 160 Å². The van der Waals surface area contributed by atoms with Crippen molar-refractivity contribution in [1.82, 2.24) is 5.32 Å². The van der Waals surface area contributed by atoms with Crippen LogP contribution in [0, 0.1) is 6.92 Å². The normalized spacial score (nSPS) is 18.0. The zero-order valence-electron chi connectivity index (χ0n) is 15.7. The maximum Gasteiger partial charge on any atom is 0.261 e. The lowest BCUT2D eigenvalue weighted by molar-refractivity contribution is -0.128. The zero-order chi connectivity index (χ0) is 19.6. The number of benzene rings is 2. The quantitative estimate of drug-likeness (QED) is 0.874. The van der Waals surface area contributed by atoms with Crippen LogP contribution in [-0.2, 0) is 14.8 Å².